The zero-order valence-electron chi connectivity index (χ0n) is 13.9. The summed E-state index contributed by atoms with van der Waals surface area (Å²) >= 11 is 0. The van der Waals surface area contributed by atoms with Gasteiger partial charge < -0.3 is 4.42 Å². The highest BCUT2D eigenvalue weighted by Gasteiger charge is 2.20. The Morgan fingerprint density at radius 2 is 1.79 bits per heavy atom. The van der Waals surface area contributed by atoms with Gasteiger partial charge in [0.25, 0.3) is 0 Å². The number of fused-ring (bicyclic) bond motifs is 3. The zero-order chi connectivity index (χ0) is 16.8. The maximum absolute atomic E-state index is 9.45. The van der Waals surface area contributed by atoms with Crippen molar-refractivity contribution in [1.82, 2.24) is 0 Å². The highest BCUT2D eigenvalue weighted by molar-refractivity contribution is 6.10. The van der Waals surface area contributed by atoms with Crippen molar-refractivity contribution in [2.45, 2.75) is 13.8 Å². The van der Waals surface area contributed by atoms with Crippen molar-refractivity contribution < 1.29 is 8.98 Å². The van der Waals surface area contributed by atoms with Gasteiger partial charge in [-0.2, -0.15) is 5.26 Å². The molecule has 0 saturated carbocycles. The topological polar surface area (TPSA) is 40.8 Å². The molecule has 0 spiro atoms. The lowest BCUT2D eigenvalue weighted by atomic mass is 9.94. The molecule has 2 aromatic heterocycles. The van der Waals surface area contributed by atoms with Crippen LogP contribution in [0.25, 0.3) is 33.2 Å². The quantitative estimate of drug-likeness (QED) is 0.483. The van der Waals surface area contributed by atoms with E-state index in [9.17, 15) is 5.26 Å². The first-order chi connectivity index (χ1) is 11.6. The molecular weight excluding hydrogens is 296 g/mol. The van der Waals surface area contributed by atoms with Crippen LogP contribution >= 0.6 is 0 Å². The van der Waals surface area contributed by atoms with Crippen molar-refractivity contribution in [3.8, 4) is 17.3 Å². The summed E-state index contributed by atoms with van der Waals surface area (Å²) < 4.78 is 8.18. The van der Waals surface area contributed by atoms with Gasteiger partial charge in [-0.3, -0.25) is 0 Å². The number of pyridine rings is 1. The Bertz CT molecular complexity index is 1150. The number of nitrogens with zero attached hydrogens (tertiary/aromatic N) is 2. The van der Waals surface area contributed by atoms with E-state index in [-0.39, 0.29) is 0 Å². The van der Waals surface area contributed by atoms with Gasteiger partial charge in [0.2, 0.25) is 5.69 Å². The summed E-state index contributed by atoms with van der Waals surface area (Å²) in [6.45, 7) is 4.23. The summed E-state index contributed by atoms with van der Waals surface area (Å²) in [6, 6.07) is 16.2. The van der Waals surface area contributed by atoms with Crippen LogP contribution in [0.15, 0.2) is 53.1 Å². The first kappa shape index (κ1) is 14.5. The fourth-order valence-electron chi connectivity index (χ4n) is 3.43. The fraction of sp³-hybridized carbons (Fsp3) is 0.143. The lowest BCUT2D eigenvalue weighted by Crippen LogP contribution is -2.30. The van der Waals surface area contributed by atoms with Crippen LogP contribution in [0.4, 0.5) is 0 Å². The monoisotopic (exact) mass is 313 g/mol. The Balaban J connectivity index is 2.15. The average molecular weight is 313 g/mol. The predicted molar refractivity (Wildman–Crippen MR) is 94.5 cm³/mol. The van der Waals surface area contributed by atoms with E-state index in [4.69, 9.17) is 4.42 Å². The lowest BCUT2D eigenvalue weighted by molar-refractivity contribution is -0.660. The number of nitriles is 1. The summed E-state index contributed by atoms with van der Waals surface area (Å²) in [5.41, 5.74) is 6.91. The predicted octanol–water partition coefficient (Wildman–Crippen LogP) is 4.57. The molecule has 0 bridgehead atoms. The van der Waals surface area contributed by atoms with E-state index in [1.165, 1.54) is 5.56 Å². The van der Waals surface area contributed by atoms with Crippen LogP contribution in [0.3, 0.4) is 0 Å². The molecule has 0 N–H and O–H groups in total. The molecule has 0 fully saturated rings. The second-order valence-corrected chi connectivity index (χ2v) is 6.14. The van der Waals surface area contributed by atoms with Gasteiger partial charge >= 0.3 is 0 Å². The van der Waals surface area contributed by atoms with Crippen molar-refractivity contribution in [2.24, 2.45) is 7.05 Å². The molecule has 2 heterocycles. The number of rotatable bonds is 1. The molecule has 4 rings (SSSR count). The number of furan rings is 1. The van der Waals surface area contributed by atoms with Gasteiger partial charge in [-0.1, -0.05) is 6.07 Å². The molecule has 2 aromatic carbocycles. The van der Waals surface area contributed by atoms with Crippen LogP contribution < -0.4 is 4.57 Å². The fourth-order valence-corrected chi connectivity index (χ4v) is 3.43. The number of hydrogen-bond acceptors (Lipinski definition) is 2. The Morgan fingerprint density at radius 3 is 2.54 bits per heavy atom. The smallest absolute Gasteiger partial charge is 0.212 e. The largest absolute Gasteiger partial charge is 0.456 e. The second-order valence-electron chi connectivity index (χ2n) is 6.14. The second kappa shape index (κ2) is 5.21. The number of aromatic nitrogens is 1. The minimum atomic E-state index is 0.659. The molecule has 3 heteroatoms. The number of hydrogen-bond donors (Lipinski definition) is 0. The first-order valence-electron chi connectivity index (χ1n) is 7.92. The Kier molecular flexibility index (Phi) is 3.14. The summed E-state index contributed by atoms with van der Waals surface area (Å²) in [6.07, 6.45) is 2.04. The summed E-state index contributed by atoms with van der Waals surface area (Å²) in [5.74, 6) is 0. The van der Waals surface area contributed by atoms with Crippen LogP contribution in [-0.4, -0.2) is 0 Å². The van der Waals surface area contributed by atoms with Crippen LogP contribution in [0.1, 0.15) is 16.7 Å². The summed E-state index contributed by atoms with van der Waals surface area (Å²) in [7, 11) is 2.04. The van der Waals surface area contributed by atoms with E-state index in [0.717, 1.165) is 38.8 Å². The molecule has 0 aliphatic carbocycles. The minimum absolute atomic E-state index is 0.659. The van der Waals surface area contributed by atoms with Gasteiger partial charge in [-0.15, -0.1) is 0 Å². The molecule has 24 heavy (non-hydrogen) atoms. The molecule has 3 nitrogen and oxygen atoms in total. The molecule has 0 amide bonds. The van der Waals surface area contributed by atoms with Crippen LogP contribution in [0.2, 0.25) is 0 Å². The van der Waals surface area contributed by atoms with Gasteiger partial charge in [0.1, 0.15) is 18.2 Å². The normalized spacial score (nSPS) is 11.1. The van der Waals surface area contributed by atoms with E-state index >= 15 is 0 Å². The maximum Gasteiger partial charge on any atom is 0.212 e. The number of benzene rings is 2. The van der Waals surface area contributed by atoms with Crippen LogP contribution in [-0.2, 0) is 7.05 Å². The van der Waals surface area contributed by atoms with Gasteiger partial charge in [-0.05, 0) is 49.2 Å². The summed E-state index contributed by atoms with van der Waals surface area (Å²) in [5, 5.41) is 11.4. The SMILES string of the molecule is Cc1c(-c2cccc[n+]2C)cc2oc3cccc(C#N)c3c2c1C. The van der Waals surface area contributed by atoms with E-state index < -0.39 is 0 Å². The van der Waals surface area contributed by atoms with E-state index in [1.807, 2.05) is 43.6 Å². The Hall–Kier alpha value is -3.12. The molecule has 0 atom stereocenters. The average Bonchev–Trinajstić information content (AvgIpc) is 2.97. The van der Waals surface area contributed by atoms with E-state index in [1.54, 1.807) is 0 Å². The molecular formula is C21H17N2O+. The highest BCUT2D eigenvalue weighted by Crippen LogP contribution is 2.38. The van der Waals surface area contributed by atoms with Gasteiger partial charge in [-0.25, -0.2) is 4.57 Å². The van der Waals surface area contributed by atoms with Crippen LogP contribution in [0, 0.1) is 25.2 Å². The number of aryl methyl sites for hydroxylation is 2. The highest BCUT2D eigenvalue weighted by atomic mass is 16.3. The first-order valence-corrected chi connectivity index (χ1v) is 7.92. The lowest BCUT2D eigenvalue weighted by Gasteiger charge is -2.08. The molecule has 4 aromatic rings. The van der Waals surface area contributed by atoms with E-state index in [2.05, 4.69) is 36.6 Å². The third-order valence-electron chi connectivity index (χ3n) is 4.81. The third-order valence-corrected chi connectivity index (χ3v) is 4.81. The molecule has 116 valence electrons. The van der Waals surface area contributed by atoms with Crippen LogP contribution in [0.5, 0.6) is 0 Å². The molecule has 0 radical (unpaired) electrons. The Morgan fingerprint density at radius 1 is 0.958 bits per heavy atom. The standard InChI is InChI=1S/C21H17N2O/c1-13-14(2)20-19(11-16(13)17-8-4-5-10-23(17)3)24-18-9-6-7-15(12-22)21(18)20/h4-11H,1-3H3/q+1. The van der Waals surface area contributed by atoms with Crippen molar-refractivity contribution in [3.05, 3.63) is 65.4 Å². The van der Waals surface area contributed by atoms with Gasteiger partial charge in [0, 0.05) is 22.9 Å². The molecule has 0 saturated heterocycles. The van der Waals surface area contributed by atoms with Crippen molar-refractivity contribution >= 4 is 21.9 Å². The van der Waals surface area contributed by atoms with Crippen molar-refractivity contribution in [1.29, 1.82) is 5.26 Å². The Labute approximate surface area is 140 Å². The maximum atomic E-state index is 9.45. The summed E-state index contributed by atoms with van der Waals surface area (Å²) in [4.78, 5) is 0. The molecule has 0 aliphatic rings. The molecule has 0 aliphatic heterocycles. The van der Waals surface area contributed by atoms with Gasteiger partial charge in [0.05, 0.1) is 17.2 Å². The molecule has 0 unspecified atom stereocenters. The third kappa shape index (κ3) is 1.93. The minimum Gasteiger partial charge on any atom is -0.456 e. The van der Waals surface area contributed by atoms with E-state index in [0.29, 0.717) is 5.56 Å². The van der Waals surface area contributed by atoms with Gasteiger partial charge in [0.15, 0.2) is 6.20 Å². The zero-order valence-corrected chi connectivity index (χ0v) is 13.9. The van der Waals surface area contributed by atoms with Crippen molar-refractivity contribution in [3.63, 3.8) is 0 Å². The van der Waals surface area contributed by atoms with Crippen molar-refractivity contribution in [2.75, 3.05) is 0 Å².